The van der Waals surface area contributed by atoms with Crippen molar-refractivity contribution in [3.8, 4) is 0 Å². The molecule has 3 rings (SSSR count). The summed E-state index contributed by atoms with van der Waals surface area (Å²) >= 11 is 13.9. The van der Waals surface area contributed by atoms with Crippen molar-refractivity contribution in [2.75, 3.05) is 24.3 Å². The molecular weight excluding hydrogens is 311 g/mol. The number of fused-ring (bicyclic) bond motifs is 1. The highest BCUT2D eigenvalue weighted by Gasteiger charge is 2.25. The molecule has 2 nitrogen and oxygen atoms in total. The van der Waals surface area contributed by atoms with E-state index in [1.165, 1.54) is 10.4 Å². The quantitative estimate of drug-likeness (QED) is 0.831. The molecule has 0 bridgehead atoms. The van der Waals surface area contributed by atoms with Crippen molar-refractivity contribution in [3.05, 3.63) is 44.1 Å². The molecule has 0 spiro atoms. The first-order valence-electron chi connectivity index (χ1n) is 6.56. The van der Waals surface area contributed by atoms with Gasteiger partial charge >= 0.3 is 0 Å². The summed E-state index contributed by atoms with van der Waals surface area (Å²) < 4.78 is 0.875. The molecule has 1 aliphatic rings. The third-order valence-electron chi connectivity index (χ3n) is 3.62. The highest BCUT2D eigenvalue weighted by atomic mass is 35.5. The number of rotatable bonds is 3. The maximum atomic E-state index is 6.13. The van der Waals surface area contributed by atoms with E-state index in [2.05, 4.69) is 16.3 Å². The first-order valence-corrected chi connectivity index (χ1v) is 8.13. The van der Waals surface area contributed by atoms with Gasteiger partial charge in [-0.15, -0.1) is 11.3 Å². The summed E-state index contributed by atoms with van der Waals surface area (Å²) in [6.07, 6.45) is 2.21. The summed E-state index contributed by atoms with van der Waals surface area (Å²) in [5.41, 5.74) is 3.55. The molecule has 0 saturated carbocycles. The van der Waals surface area contributed by atoms with Crippen molar-refractivity contribution in [3.63, 3.8) is 0 Å². The summed E-state index contributed by atoms with van der Waals surface area (Å²) in [5.74, 6) is 0. The Kier molecular flexibility index (Phi) is 3.85. The van der Waals surface area contributed by atoms with E-state index in [4.69, 9.17) is 23.2 Å². The fourth-order valence-electron chi connectivity index (χ4n) is 2.68. The lowest BCUT2D eigenvalue weighted by atomic mass is 10.1. The first-order chi connectivity index (χ1) is 9.54. The second kappa shape index (κ2) is 5.47. The van der Waals surface area contributed by atoms with Crippen LogP contribution in [0.4, 0.5) is 11.4 Å². The molecule has 0 fully saturated rings. The Labute approximate surface area is 133 Å². The normalized spacial score (nSPS) is 17.1. The maximum Gasteiger partial charge on any atom is 0.0934 e. The lowest BCUT2D eigenvalue weighted by Gasteiger charge is -2.22. The van der Waals surface area contributed by atoms with E-state index in [1.807, 2.05) is 32.3 Å². The molecule has 1 aromatic carbocycles. The molecule has 0 saturated heterocycles. The van der Waals surface area contributed by atoms with Crippen molar-refractivity contribution >= 4 is 45.9 Å². The summed E-state index contributed by atoms with van der Waals surface area (Å²) in [4.78, 5) is 3.50. The van der Waals surface area contributed by atoms with Gasteiger partial charge in [0, 0.05) is 24.0 Å². The Morgan fingerprint density at radius 2 is 2.05 bits per heavy atom. The monoisotopic (exact) mass is 326 g/mol. The lowest BCUT2D eigenvalue weighted by Crippen LogP contribution is -2.14. The molecule has 1 unspecified atom stereocenters. The molecule has 1 N–H and O–H groups in total. The standard InChI is InChI=1S/C15H16Cl2N2S/c1-19(2)13-5-3-9(16)7-12(13)18-11-4-6-14-10(11)8-15(17)20-14/h3,5,7-8,11,18H,4,6H2,1-2H3. The zero-order valence-corrected chi connectivity index (χ0v) is 13.7. The number of halogens is 2. The third-order valence-corrected chi connectivity index (χ3v) is 5.19. The fourth-order valence-corrected chi connectivity index (χ4v) is 4.21. The Bertz CT molecular complexity index is 637. The van der Waals surface area contributed by atoms with Crippen molar-refractivity contribution in [1.29, 1.82) is 0 Å². The zero-order chi connectivity index (χ0) is 14.3. The van der Waals surface area contributed by atoms with Gasteiger partial charge in [-0.1, -0.05) is 23.2 Å². The van der Waals surface area contributed by atoms with Gasteiger partial charge in [0.1, 0.15) is 0 Å². The zero-order valence-electron chi connectivity index (χ0n) is 11.4. The third kappa shape index (κ3) is 2.62. The van der Waals surface area contributed by atoms with Crippen LogP contribution in [0.25, 0.3) is 0 Å². The van der Waals surface area contributed by atoms with Crippen LogP contribution in [-0.4, -0.2) is 14.1 Å². The van der Waals surface area contributed by atoms with Crippen molar-refractivity contribution in [2.24, 2.45) is 0 Å². The predicted molar refractivity (Wildman–Crippen MR) is 89.8 cm³/mol. The second-order valence-corrected chi connectivity index (χ2v) is 7.43. The minimum absolute atomic E-state index is 0.325. The number of aryl methyl sites for hydroxylation is 1. The number of nitrogens with one attached hydrogen (secondary N) is 1. The van der Waals surface area contributed by atoms with Crippen LogP contribution in [0.15, 0.2) is 24.3 Å². The molecule has 106 valence electrons. The minimum atomic E-state index is 0.325. The molecule has 0 radical (unpaired) electrons. The minimum Gasteiger partial charge on any atom is -0.376 e. The van der Waals surface area contributed by atoms with Crippen LogP contribution in [0.2, 0.25) is 9.36 Å². The van der Waals surface area contributed by atoms with Gasteiger partial charge in [0.05, 0.1) is 21.8 Å². The van der Waals surface area contributed by atoms with E-state index in [0.29, 0.717) is 6.04 Å². The van der Waals surface area contributed by atoms with E-state index < -0.39 is 0 Å². The van der Waals surface area contributed by atoms with Crippen LogP contribution in [0, 0.1) is 0 Å². The number of benzene rings is 1. The van der Waals surface area contributed by atoms with Gasteiger partial charge in [0.25, 0.3) is 0 Å². The van der Waals surface area contributed by atoms with Gasteiger partial charge in [-0.3, -0.25) is 0 Å². The van der Waals surface area contributed by atoms with Crippen LogP contribution < -0.4 is 10.2 Å². The molecular formula is C15H16Cl2N2S. The Morgan fingerprint density at radius 1 is 1.25 bits per heavy atom. The molecule has 1 atom stereocenters. The highest BCUT2D eigenvalue weighted by Crippen LogP contribution is 2.42. The Hall–Kier alpha value is -0.900. The van der Waals surface area contributed by atoms with Gasteiger partial charge in [-0.05, 0) is 42.7 Å². The van der Waals surface area contributed by atoms with Gasteiger partial charge < -0.3 is 10.2 Å². The van der Waals surface area contributed by atoms with Crippen LogP contribution >= 0.6 is 34.5 Å². The SMILES string of the molecule is CN(C)c1ccc(Cl)cc1NC1CCc2sc(Cl)cc21. The molecule has 2 aromatic rings. The number of thiophene rings is 1. The molecule has 20 heavy (non-hydrogen) atoms. The molecule has 0 amide bonds. The topological polar surface area (TPSA) is 15.3 Å². The van der Waals surface area contributed by atoms with Crippen molar-refractivity contribution < 1.29 is 0 Å². The summed E-state index contributed by atoms with van der Waals surface area (Å²) in [6.45, 7) is 0. The van der Waals surface area contributed by atoms with Crippen LogP contribution in [0.1, 0.15) is 22.9 Å². The van der Waals surface area contributed by atoms with E-state index in [1.54, 1.807) is 11.3 Å². The van der Waals surface area contributed by atoms with Crippen LogP contribution in [0.3, 0.4) is 0 Å². The van der Waals surface area contributed by atoms with E-state index in [0.717, 1.165) is 33.6 Å². The molecule has 0 aliphatic heterocycles. The van der Waals surface area contributed by atoms with Crippen LogP contribution in [0.5, 0.6) is 0 Å². The number of hydrogen-bond acceptors (Lipinski definition) is 3. The van der Waals surface area contributed by atoms with Gasteiger partial charge in [0.15, 0.2) is 0 Å². The fraction of sp³-hybridized carbons (Fsp3) is 0.333. The number of anilines is 2. The number of nitrogens with zero attached hydrogens (tertiary/aromatic N) is 1. The summed E-state index contributed by atoms with van der Waals surface area (Å²) in [6, 6.07) is 8.37. The van der Waals surface area contributed by atoms with E-state index >= 15 is 0 Å². The average Bonchev–Trinajstić information content (AvgIpc) is 2.90. The van der Waals surface area contributed by atoms with Crippen molar-refractivity contribution in [2.45, 2.75) is 18.9 Å². The molecule has 1 aliphatic carbocycles. The Morgan fingerprint density at radius 3 is 2.80 bits per heavy atom. The van der Waals surface area contributed by atoms with E-state index in [9.17, 15) is 0 Å². The first kappa shape index (κ1) is 14.1. The maximum absolute atomic E-state index is 6.13. The summed E-state index contributed by atoms with van der Waals surface area (Å²) in [7, 11) is 4.08. The largest absolute Gasteiger partial charge is 0.376 e. The lowest BCUT2D eigenvalue weighted by molar-refractivity contribution is 0.762. The van der Waals surface area contributed by atoms with Crippen molar-refractivity contribution in [1.82, 2.24) is 0 Å². The predicted octanol–water partition coefficient (Wildman–Crippen LogP) is 5.22. The second-order valence-electron chi connectivity index (χ2n) is 5.22. The summed E-state index contributed by atoms with van der Waals surface area (Å²) in [5, 5.41) is 4.37. The molecule has 5 heteroatoms. The van der Waals surface area contributed by atoms with Crippen LogP contribution in [-0.2, 0) is 6.42 Å². The van der Waals surface area contributed by atoms with E-state index in [-0.39, 0.29) is 0 Å². The van der Waals surface area contributed by atoms with Gasteiger partial charge in [0.2, 0.25) is 0 Å². The molecule has 1 heterocycles. The van der Waals surface area contributed by atoms with Gasteiger partial charge in [-0.25, -0.2) is 0 Å². The number of hydrogen-bond donors (Lipinski definition) is 1. The highest BCUT2D eigenvalue weighted by molar-refractivity contribution is 7.16. The average molecular weight is 327 g/mol. The van der Waals surface area contributed by atoms with Gasteiger partial charge in [-0.2, -0.15) is 0 Å². The smallest absolute Gasteiger partial charge is 0.0934 e. The Balaban J connectivity index is 1.90. The molecule has 1 aromatic heterocycles.